The van der Waals surface area contributed by atoms with Crippen molar-refractivity contribution in [3.05, 3.63) is 24.0 Å². The highest BCUT2D eigenvalue weighted by Crippen LogP contribution is 2.13. The lowest BCUT2D eigenvalue weighted by Gasteiger charge is -2.02. The number of hydrogen-bond acceptors (Lipinski definition) is 2. The summed E-state index contributed by atoms with van der Waals surface area (Å²) in [6.07, 6.45) is 3.10. The zero-order chi connectivity index (χ0) is 11.6. The lowest BCUT2D eigenvalue weighted by Crippen LogP contribution is -1.89. The largest absolute Gasteiger partial charge is 0.156 e. The second-order valence-corrected chi connectivity index (χ2v) is 3.13. The molecule has 0 aliphatic rings. The van der Waals surface area contributed by atoms with Gasteiger partial charge in [0.05, 0.1) is 11.4 Å². The molecule has 2 nitrogen and oxygen atoms in total. The van der Waals surface area contributed by atoms with Crippen LogP contribution in [0.15, 0.2) is 34.3 Å². The highest BCUT2D eigenvalue weighted by atomic mass is 15.1. The summed E-state index contributed by atoms with van der Waals surface area (Å²) in [5.41, 5.74) is 1.79. The van der Waals surface area contributed by atoms with E-state index in [0.29, 0.717) is 5.92 Å². The fourth-order valence-corrected chi connectivity index (χ4v) is 0.744. The van der Waals surface area contributed by atoms with E-state index in [-0.39, 0.29) is 0 Å². The minimum Gasteiger partial charge on any atom is -0.156 e. The van der Waals surface area contributed by atoms with Crippen LogP contribution in [0.3, 0.4) is 0 Å². The molecular formula is C12H24N2. The zero-order valence-corrected chi connectivity index (χ0v) is 10.5. The van der Waals surface area contributed by atoms with E-state index in [9.17, 15) is 0 Å². The van der Waals surface area contributed by atoms with Crippen LogP contribution >= 0.6 is 0 Å². The van der Waals surface area contributed by atoms with Crippen molar-refractivity contribution in [2.24, 2.45) is 16.1 Å². The Balaban J connectivity index is 0. The van der Waals surface area contributed by atoms with Crippen molar-refractivity contribution in [1.29, 1.82) is 0 Å². The van der Waals surface area contributed by atoms with Crippen LogP contribution < -0.4 is 0 Å². The smallest absolute Gasteiger partial charge is 0.0616 e. The lowest BCUT2D eigenvalue weighted by molar-refractivity contribution is 0.732. The van der Waals surface area contributed by atoms with Crippen LogP contribution in [0, 0.1) is 5.92 Å². The molecule has 0 fully saturated rings. The van der Waals surface area contributed by atoms with Crippen molar-refractivity contribution < 1.29 is 0 Å². The number of nitrogens with zero attached hydrogens (tertiary/aromatic N) is 2. The Morgan fingerprint density at radius 2 is 1.79 bits per heavy atom. The van der Waals surface area contributed by atoms with Crippen molar-refractivity contribution in [3.8, 4) is 0 Å². The summed E-state index contributed by atoms with van der Waals surface area (Å²) in [6, 6.07) is 0. The molecule has 0 unspecified atom stereocenters. The summed E-state index contributed by atoms with van der Waals surface area (Å²) in [7, 11) is 0. The molecule has 0 aliphatic carbocycles. The number of allylic oxidation sites excluding steroid dienone is 3. The van der Waals surface area contributed by atoms with Crippen molar-refractivity contribution in [2.45, 2.75) is 48.0 Å². The fourth-order valence-electron chi connectivity index (χ4n) is 0.744. The predicted octanol–water partition coefficient (Wildman–Crippen LogP) is 4.95. The number of azo groups is 1. The average molecular weight is 196 g/mol. The van der Waals surface area contributed by atoms with Gasteiger partial charge in [0, 0.05) is 0 Å². The third-order valence-corrected chi connectivity index (χ3v) is 1.34. The molecule has 0 heterocycles. The van der Waals surface area contributed by atoms with Crippen LogP contribution in [-0.2, 0) is 0 Å². The van der Waals surface area contributed by atoms with Crippen LogP contribution in [0.5, 0.6) is 0 Å². The van der Waals surface area contributed by atoms with Gasteiger partial charge in [0.15, 0.2) is 0 Å². The molecule has 0 N–H and O–H groups in total. The van der Waals surface area contributed by atoms with E-state index < -0.39 is 0 Å². The van der Waals surface area contributed by atoms with Gasteiger partial charge < -0.3 is 0 Å². The molecule has 0 aliphatic heterocycles. The molecule has 0 amide bonds. The highest BCUT2D eigenvalue weighted by Gasteiger charge is 1.99. The lowest BCUT2D eigenvalue weighted by atomic mass is 10.1. The molecule has 0 aromatic carbocycles. The molecule has 0 spiro atoms. The Kier molecular flexibility index (Phi) is 11.3. The fraction of sp³-hybridized carbons (Fsp3) is 0.667. The molecule has 0 aromatic heterocycles. The van der Waals surface area contributed by atoms with E-state index in [1.807, 2.05) is 20.8 Å². The summed E-state index contributed by atoms with van der Waals surface area (Å²) >= 11 is 0. The van der Waals surface area contributed by atoms with Gasteiger partial charge in [-0.05, 0) is 19.3 Å². The van der Waals surface area contributed by atoms with Crippen molar-refractivity contribution in [1.82, 2.24) is 0 Å². The first-order valence-electron chi connectivity index (χ1n) is 5.35. The maximum atomic E-state index is 4.10. The molecule has 0 radical (unpaired) electrons. The van der Waals surface area contributed by atoms with Gasteiger partial charge in [-0.3, -0.25) is 0 Å². The summed E-state index contributed by atoms with van der Waals surface area (Å²) in [6.45, 7) is 15.8. The first-order chi connectivity index (χ1) is 6.57. The Morgan fingerprint density at radius 3 is 2.07 bits per heavy atom. The number of hydrogen-bond donors (Lipinski definition) is 0. The Morgan fingerprint density at radius 1 is 1.29 bits per heavy atom. The Bertz CT molecular complexity index is 200. The molecule has 0 rings (SSSR count). The van der Waals surface area contributed by atoms with Gasteiger partial charge in [0.2, 0.25) is 0 Å². The van der Waals surface area contributed by atoms with Crippen LogP contribution in [0.2, 0.25) is 0 Å². The maximum absolute atomic E-state index is 4.10. The third kappa shape index (κ3) is 9.17. The first-order valence-corrected chi connectivity index (χ1v) is 5.35. The normalized spacial score (nSPS) is 11.5. The molecular weight excluding hydrogens is 172 g/mol. The van der Waals surface area contributed by atoms with Gasteiger partial charge >= 0.3 is 0 Å². The molecule has 0 saturated heterocycles. The quantitative estimate of drug-likeness (QED) is 0.568. The monoisotopic (exact) mass is 196 g/mol. The van der Waals surface area contributed by atoms with Crippen molar-refractivity contribution in [3.63, 3.8) is 0 Å². The molecule has 0 bridgehead atoms. The zero-order valence-electron chi connectivity index (χ0n) is 10.5. The van der Waals surface area contributed by atoms with Gasteiger partial charge in [-0.2, -0.15) is 10.2 Å². The molecule has 0 atom stereocenters. The van der Waals surface area contributed by atoms with Crippen LogP contribution in [0.25, 0.3) is 0 Å². The average Bonchev–Trinajstić information content (AvgIpc) is 2.14. The van der Waals surface area contributed by atoms with E-state index >= 15 is 0 Å². The predicted molar refractivity (Wildman–Crippen MR) is 64.2 cm³/mol. The molecule has 0 saturated carbocycles. The van der Waals surface area contributed by atoms with E-state index in [2.05, 4.69) is 43.7 Å². The van der Waals surface area contributed by atoms with E-state index in [1.54, 1.807) is 0 Å². The maximum Gasteiger partial charge on any atom is 0.0616 e. The van der Waals surface area contributed by atoms with E-state index in [1.165, 1.54) is 0 Å². The minimum atomic E-state index is 0.438. The molecule has 2 heteroatoms. The summed E-state index contributed by atoms with van der Waals surface area (Å²) < 4.78 is 0. The van der Waals surface area contributed by atoms with Crippen LogP contribution in [0.1, 0.15) is 48.0 Å². The topological polar surface area (TPSA) is 24.7 Å². The molecule has 14 heavy (non-hydrogen) atoms. The van der Waals surface area contributed by atoms with Gasteiger partial charge in [0.25, 0.3) is 0 Å². The standard InChI is InChI=1S/C10H18N2.C2H6/c1-6-7-10(8(2)3)12-11-9(4)5;1-2/h7-8H,4,6H2,1-3,5H3;1-2H3/b10-7-,12-11?;. The van der Waals surface area contributed by atoms with Crippen LogP contribution in [0.4, 0.5) is 0 Å². The highest BCUT2D eigenvalue weighted by molar-refractivity contribution is 5.02. The Labute approximate surface area is 88.8 Å². The summed E-state index contributed by atoms with van der Waals surface area (Å²) in [5.74, 6) is 0.438. The Hall–Kier alpha value is -0.920. The second kappa shape index (κ2) is 10.2. The van der Waals surface area contributed by atoms with E-state index in [4.69, 9.17) is 0 Å². The minimum absolute atomic E-state index is 0.438. The van der Waals surface area contributed by atoms with Crippen LogP contribution in [-0.4, -0.2) is 0 Å². The van der Waals surface area contributed by atoms with Crippen molar-refractivity contribution in [2.75, 3.05) is 0 Å². The summed E-state index contributed by atoms with van der Waals surface area (Å²) in [5, 5.41) is 8.03. The van der Waals surface area contributed by atoms with Gasteiger partial charge in [-0.1, -0.05) is 47.3 Å². The SMILES string of the molecule is C=C(C)N=N/C(=C\CC)C(C)C.CC. The third-order valence-electron chi connectivity index (χ3n) is 1.34. The first kappa shape index (κ1) is 15.5. The molecule has 82 valence electrons. The number of rotatable bonds is 4. The summed E-state index contributed by atoms with van der Waals surface area (Å²) in [4.78, 5) is 0. The van der Waals surface area contributed by atoms with E-state index in [0.717, 1.165) is 17.8 Å². The second-order valence-electron chi connectivity index (χ2n) is 3.13. The van der Waals surface area contributed by atoms with Gasteiger partial charge in [-0.25, -0.2) is 0 Å². The molecule has 0 aromatic rings. The van der Waals surface area contributed by atoms with Gasteiger partial charge in [0.1, 0.15) is 0 Å². The van der Waals surface area contributed by atoms with Crippen molar-refractivity contribution >= 4 is 0 Å². The van der Waals surface area contributed by atoms with Gasteiger partial charge in [-0.15, -0.1) is 0 Å².